The van der Waals surface area contributed by atoms with Gasteiger partial charge in [-0.15, -0.1) is 0 Å². The van der Waals surface area contributed by atoms with Crippen LogP contribution in [0, 0.1) is 5.82 Å². The molecule has 42 heavy (non-hydrogen) atoms. The predicted octanol–water partition coefficient (Wildman–Crippen LogP) is 7.08. The number of ether oxygens (including phenoxy) is 1. The first kappa shape index (κ1) is 29.1. The Labute approximate surface area is 246 Å². The van der Waals surface area contributed by atoms with E-state index in [4.69, 9.17) is 9.84 Å². The molecule has 2 aromatic heterocycles. The summed E-state index contributed by atoms with van der Waals surface area (Å²) in [4.78, 5) is 19.6. The molecule has 9 nitrogen and oxygen atoms in total. The number of hydrogen-bond acceptors (Lipinski definition) is 6. The number of amides is 2. The molecule has 0 bridgehead atoms. The van der Waals surface area contributed by atoms with Crippen molar-refractivity contribution in [2.45, 2.75) is 59.2 Å². The van der Waals surface area contributed by atoms with Crippen molar-refractivity contribution in [2.24, 2.45) is 0 Å². The fourth-order valence-electron chi connectivity index (χ4n) is 4.79. The summed E-state index contributed by atoms with van der Waals surface area (Å²) in [6, 6.07) is 13.7. The van der Waals surface area contributed by atoms with Gasteiger partial charge in [0.15, 0.2) is 0 Å². The molecular weight excluding hydrogens is 533 g/mol. The molecule has 4 aromatic rings. The molecule has 0 spiro atoms. The fourth-order valence-corrected chi connectivity index (χ4v) is 4.79. The monoisotopic (exact) mass is 571 g/mol. The van der Waals surface area contributed by atoms with E-state index in [-0.39, 0.29) is 17.3 Å². The first-order valence-electron chi connectivity index (χ1n) is 14.1. The zero-order valence-corrected chi connectivity index (χ0v) is 25.0. The van der Waals surface area contributed by atoms with Crippen LogP contribution < -0.4 is 20.7 Å². The van der Waals surface area contributed by atoms with Crippen molar-refractivity contribution in [1.82, 2.24) is 19.7 Å². The number of halogens is 1. The van der Waals surface area contributed by atoms with Crippen LogP contribution in [0.15, 0.2) is 60.9 Å². The van der Waals surface area contributed by atoms with Crippen LogP contribution in [0.25, 0.3) is 11.3 Å². The maximum Gasteiger partial charge on any atom is 0.323 e. The van der Waals surface area contributed by atoms with Gasteiger partial charge in [0, 0.05) is 49.2 Å². The molecule has 220 valence electrons. The number of carbonyl (C=O) groups excluding carboxylic acids is 1. The molecule has 0 saturated heterocycles. The maximum absolute atomic E-state index is 15.0. The second kappa shape index (κ2) is 11.8. The fraction of sp³-hybridized carbons (Fsp3) is 0.344. The van der Waals surface area contributed by atoms with Crippen LogP contribution in [0.3, 0.4) is 0 Å². The molecule has 0 unspecified atom stereocenters. The minimum Gasteiger partial charge on any atom is -0.457 e. The van der Waals surface area contributed by atoms with E-state index in [2.05, 4.69) is 45.0 Å². The highest BCUT2D eigenvalue weighted by Crippen LogP contribution is 2.32. The number of benzene rings is 2. The summed E-state index contributed by atoms with van der Waals surface area (Å²) in [6.45, 7) is 12.1. The number of aromatic nitrogens is 3. The van der Waals surface area contributed by atoms with Crippen molar-refractivity contribution < 1.29 is 13.9 Å². The van der Waals surface area contributed by atoms with Crippen molar-refractivity contribution in [3.63, 3.8) is 0 Å². The number of likely N-dealkylation sites (N-methyl/N-ethyl adjacent to an activating group) is 1. The van der Waals surface area contributed by atoms with E-state index < -0.39 is 11.8 Å². The summed E-state index contributed by atoms with van der Waals surface area (Å²) in [7, 11) is 2.12. The van der Waals surface area contributed by atoms with Crippen molar-refractivity contribution in [3.8, 4) is 22.8 Å². The lowest BCUT2D eigenvalue weighted by molar-refractivity contribution is 0.262. The predicted molar refractivity (Wildman–Crippen MR) is 165 cm³/mol. The van der Waals surface area contributed by atoms with Gasteiger partial charge in [0.05, 0.1) is 16.9 Å². The third kappa shape index (κ3) is 6.88. The molecule has 3 N–H and O–H groups in total. The second-order valence-corrected chi connectivity index (χ2v) is 12.0. The highest BCUT2D eigenvalue weighted by atomic mass is 19.1. The summed E-state index contributed by atoms with van der Waals surface area (Å²) in [6.07, 6.45) is 4.39. The van der Waals surface area contributed by atoms with Crippen LogP contribution in [0.2, 0.25) is 0 Å². The Balaban J connectivity index is 1.32. The molecule has 0 saturated carbocycles. The van der Waals surface area contributed by atoms with Gasteiger partial charge < -0.3 is 25.6 Å². The lowest BCUT2D eigenvalue weighted by Crippen LogP contribution is -2.26. The van der Waals surface area contributed by atoms with E-state index in [1.165, 1.54) is 23.3 Å². The van der Waals surface area contributed by atoms with Crippen LogP contribution >= 0.6 is 0 Å². The molecular formula is C32H38FN7O2. The van der Waals surface area contributed by atoms with Crippen molar-refractivity contribution >= 4 is 23.2 Å². The Kier molecular flexibility index (Phi) is 8.17. The zero-order chi connectivity index (χ0) is 30.0. The molecule has 1 aliphatic heterocycles. The zero-order valence-electron chi connectivity index (χ0n) is 25.0. The van der Waals surface area contributed by atoms with Gasteiger partial charge in [-0.3, -0.25) is 4.68 Å². The average molecular weight is 572 g/mol. The van der Waals surface area contributed by atoms with Crippen LogP contribution in [0.1, 0.15) is 45.7 Å². The van der Waals surface area contributed by atoms with E-state index in [1.54, 1.807) is 24.4 Å². The number of nitrogens with one attached hydrogen (secondary N) is 3. The van der Waals surface area contributed by atoms with Gasteiger partial charge in [0.25, 0.3) is 0 Å². The molecule has 0 aliphatic carbocycles. The van der Waals surface area contributed by atoms with Crippen molar-refractivity contribution in [1.29, 1.82) is 0 Å². The molecule has 2 aromatic carbocycles. The van der Waals surface area contributed by atoms with Gasteiger partial charge in [-0.25, -0.2) is 14.2 Å². The number of rotatable bonds is 7. The minimum absolute atomic E-state index is 0.0272. The number of anilines is 3. The second-order valence-electron chi connectivity index (χ2n) is 12.0. The summed E-state index contributed by atoms with van der Waals surface area (Å²) < 4.78 is 22.7. The van der Waals surface area contributed by atoms with E-state index in [1.807, 2.05) is 51.6 Å². The molecule has 0 atom stereocenters. The topological polar surface area (TPSA) is 96.3 Å². The number of fused-ring (bicyclic) bond motifs is 1. The average Bonchev–Trinajstić information content (AvgIpc) is 3.34. The number of hydrogen-bond donors (Lipinski definition) is 3. The first-order chi connectivity index (χ1) is 19.9. The Hall–Kier alpha value is -4.44. The van der Waals surface area contributed by atoms with Gasteiger partial charge in [0.1, 0.15) is 28.8 Å². The van der Waals surface area contributed by atoms with Crippen LogP contribution in [0.4, 0.5) is 26.4 Å². The Morgan fingerprint density at radius 1 is 1.00 bits per heavy atom. The molecule has 3 heterocycles. The SMILES string of the molecule is CC(C)Nc1cc(Oc2ccc(NC(=O)Nc3cn(C(C)(C)C)nc3-c3ccc4c(c3)CCN(C)C4)c(F)c2)ccn1. The largest absolute Gasteiger partial charge is 0.457 e. The Morgan fingerprint density at radius 2 is 1.76 bits per heavy atom. The molecule has 10 heteroatoms. The minimum atomic E-state index is -0.623. The molecule has 1 aliphatic rings. The van der Waals surface area contributed by atoms with Crippen molar-refractivity contribution in [2.75, 3.05) is 29.5 Å². The summed E-state index contributed by atoms with van der Waals surface area (Å²) in [5.74, 6) is 0.855. The number of carbonyl (C=O) groups is 1. The molecule has 2 amide bonds. The lowest BCUT2D eigenvalue weighted by Gasteiger charge is -2.25. The molecule has 0 fully saturated rings. The van der Waals surface area contributed by atoms with Gasteiger partial charge in [-0.2, -0.15) is 5.10 Å². The Bertz CT molecular complexity index is 1590. The van der Waals surface area contributed by atoms with Crippen LogP contribution in [-0.2, 0) is 18.5 Å². The Morgan fingerprint density at radius 3 is 2.50 bits per heavy atom. The highest BCUT2D eigenvalue weighted by molar-refractivity contribution is 6.02. The first-order valence-corrected chi connectivity index (χ1v) is 14.1. The van der Waals surface area contributed by atoms with Gasteiger partial charge >= 0.3 is 6.03 Å². The number of pyridine rings is 1. The maximum atomic E-state index is 15.0. The molecule has 5 rings (SSSR count). The van der Waals surface area contributed by atoms with E-state index in [0.29, 0.717) is 28.7 Å². The summed E-state index contributed by atoms with van der Waals surface area (Å²) in [5.41, 5.74) is 4.44. The third-order valence-electron chi connectivity index (χ3n) is 6.92. The van der Waals surface area contributed by atoms with Gasteiger partial charge in [-0.05, 0) is 83.5 Å². The van der Waals surface area contributed by atoms with Gasteiger partial charge in [-0.1, -0.05) is 12.1 Å². The number of nitrogens with zero attached hydrogens (tertiary/aromatic N) is 4. The third-order valence-corrected chi connectivity index (χ3v) is 6.92. The van der Waals surface area contributed by atoms with Gasteiger partial charge in [0.2, 0.25) is 0 Å². The summed E-state index contributed by atoms with van der Waals surface area (Å²) >= 11 is 0. The van der Waals surface area contributed by atoms with Crippen LogP contribution in [-0.4, -0.2) is 45.3 Å². The standard InChI is InChI=1S/C32H38FN7O2/c1-20(2)35-29-17-25(11-13-34-29)42-24-9-10-27(26(33)16-24)36-31(41)37-28-19-40(32(3,4)5)38-30(28)22-7-8-23-18-39(6)14-12-21(23)15-22/h7-11,13,15-17,19-20H,12,14,18H2,1-6H3,(H,34,35)(H2,36,37,41). The van der Waals surface area contributed by atoms with E-state index in [9.17, 15) is 4.79 Å². The van der Waals surface area contributed by atoms with Crippen LogP contribution in [0.5, 0.6) is 11.5 Å². The summed E-state index contributed by atoms with van der Waals surface area (Å²) in [5, 5.41) is 13.5. The normalized spacial score (nSPS) is 13.5. The smallest absolute Gasteiger partial charge is 0.323 e. The van der Waals surface area contributed by atoms with Crippen molar-refractivity contribution in [3.05, 3.63) is 77.9 Å². The highest BCUT2D eigenvalue weighted by Gasteiger charge is 2.22. The van der Waals surface area contributed by atoms with E-state index in [0.717, 1.165) is 25.1 Å². The quantitative estimate of drug-likeness (QED) is 0.219. The van der Waals surface area contributed by atoms with E-state index >= 15 is 4.39 Å². The molecule has 0 radical (unpaired) electrons. The lowest BCUT2D eigenvalue weighted by atomic mass is 9.96. The number of urea groups is 1.